The van der Waals surface area contributed by atoms with E-state index in [0.717, 1.165) is 0 Å². The van der Waals surface area contributed by atoms with Gasteiger partial charge in [-0.1, -0.05) is 0 Å². The highest BCUT2D eigenvalue weighted by Gasteiger charge is 2.32. The van der Waals surface area contributed by atoms with Crippen LogP contribution in [0.1, 0.15) is 26.7 Å². The predicted octanol–water partition coefficient (Wildman–Crippen LogP) is 0.525. The molecular formula is C9H16N2O3S. The fourth-order valence-corrected chi connectivity index (χ4v) is 3.25. The van der Waals surface area contributed by atoms with E-state index in [1.807, 2.05) is 6.92 Å². The molecule has 0 aromatic rings. The summed E-state index contributed by atoms with van der Waals surface area (Å²) < 4.78 is 24.8. The standard InChI is InChI=1S/C9H16N2O3S/c1-3-15(13,14)11-5-4-9(10-7-12)6-8(11)2/h8-9H,3-6H2,1-2H3. The molecule has 1 aliphatic rings. The first-order chi connectivity index (χ1) is 7.01. The highest BCUT2D eigenvalue weighted by atomic mass is 32.2. The molecule has 0 aliphatic carbocycles. The molecule has 5 nitrogen and oxygen atoms in total. The molecule has 0 saturated carbocycles. The van der Waals surface area contributed by atoms with E-state index in [1.54, 1.807) is 6.92 Å². The summed E-state index contributed by atoms with van der Waals surface area (Å²) in [6, 6.07) is -0.147. The summed E-state index contributed by atoms with van der Waals surface area (Å²) in [5.41, 5.74) is 0. The molecule has 15 heavy (non-hydrogen) atoms. The van der Waals surface area contributed by atoms with Crippen LogP contribution in [0.2, 0.25) is 0 Å². The van der Waals surface area contributed by atoms with Gasteiger partial charge in [0.2, 0.25) is 16.1 Å². The number of hydrogen-bond acceptors (Lipinski definition) is 4. The average Bonchev–Trinajstić information content (AvgIpc) is 2.18. The van der Waals surface area contributed by atoms with Gasteiger partial charge in [0.1, 0.15) is 0 Å². The zero-order valence-corrected chi connectivity index (χ0v) is 9.83. The molecule has 0 bridgehead atoms. The predicted molar refractivity (Wildman–Crippen MR) is 56.8 cm³/mol. The van der Waals surface area contributed by atoms with Gasteiger partial charge in [-0.05, 0) is 26.7 Å². The van der Waals surface area contributed by atoms with Crippen molar-refractivity contribution in [2.75, 3.05) is 12.3 Å². The summed E-state index contributed by atoms with van der Waals surface area (Å²) in [7, 11) is -3.12. The van der Waals surface area contributed by atoms with Crippen LogP contribution in [-0.4, -0.2) is 43.2 Å². The van der Waals surface area contributed by atoms with Gasteiger partial charge in [-0.25, -0.2) is 18.2 Å². The first kappa shape index (κ1) is 12.4. The van der Waals surface area contributed by atoms with Crippen LogP contribution < -0.4 is 0 Å². The van der Waals surface area contributed by atoms with E-state index in [9.17, 15) is 13.2 Å². The first-order valence-corrected chi connectivity index (χ1v) is 6.68. The first-order valence-electron chi connectivity index (χ1n) is 5.07. The Balaban J connectivity index is 2.72. The molecule has 0 radical (unpaired) electrons. The number of sulfonamides is 1. The Bertz CT molecular complexity index is 360. The van der Waals surface area contributed by atoms with Crippen LogP contribution in [0.25, 0.3) is 0 Å². The Hall–Kier alpha value is -0.710. The monoisotopic (exact) mass is 232 g/mol. The maximum Gasteiger partial charge on any atom is 0.235 e. The number of carbonyl (C=O) groups excluding carboxylic acids is 1. The van der Waals surface area contributed by atoms with E-state index in [0.29, 0.717) is 19.4 Å². The number of nitrogens with zero attached hydrogens (tertiary/aromatic N) is 2. The molecule has 0 spiro atoms. The second-order valence-corrected chi connectivity index (χ2v) is 5.97. The summed E-state index contributed by atoms with van der Waals surface area (Å²) in [6.45, 7) is 3.94. The molecule has 0 aromatic carbocycles. The molecule has 1 rings (SSSR count). The number of hydrogen-bond donors (Lipinski definition) is 0. The van der Waals surface area contributed by atoms with Crippen LogP contribution in [-0.2, 0) is 14.8 Å². The Morgan fingerprint density at radius 3 is 2.67 bits per heavy atom. The molecule has 1 aliphatic heterocycles. The molecule has 1 fully saturated rings. The fourth-order valence-electron chi connectivity index (χ4n) is 1.90. The second-order valence-electron chi connectivity index (χ2n) is 3.76. The lowest BCUT2D eigenvalue weighted by molar-refractivity contribution is 0.248. The van der Waals surface area contributed by atoms with Gasteiger partial charge in [0.25, 0.3) is 0 Å². The van der Waals surface area contributed by atoms with Crippen molar-refractivity contribution in [3.8, 4) is 0 Å². The summed E-state index contributed by atoms with van der Waals surface area (Å²) in [4.78, 5) is 13.7. The molecule has 0 N–H and O–H groups in total. The Kier molecular flexibility index (Phi) is 4.02. The Labute approximate surface area is 90.2 Å². The summed E-state index contributed by atoms with van der Waals surface area (Å²) in [5.74, 6) is 0.124. The van der Waals surface area contributed by atoms with Crippen molar-refractivity contribution in [2.45, 2.75) is 38.8 Å². The Morgan fingerprint density at radius 2 is 2.20 bits per heavy atom. The van der Waals surface area contributed by atoms with Crippen LogP contribution in [0.3, 0.4) is 0 Å². The lowest BCUT2D eigenvalue weighted by Gasteiger charge is -2.34. The topological polar surface area (TPSA) is 66.8 Å². The van der Waals surface area contributed by atoms with Crippen LogP contribution >= 0.6 is 0 Å². The molecule has 86 valence electrons. The summed E-state index contributed by atoms with van der Waals surface area (Å²) >= 11 is 0. The van der Waals surface area contributed by atoms with Crippen molar-refractivity contribution in [1.82, 2.24) is 4.31 Å². The molecule has 1 saturated heterocycles. The maximum absolute atomic E-state index is 11.6. The van der Waals surface area contributed by atoms with Crippen molar-refractivity contribution in [3.63, 3.8) is 0 Å². The van der Waals surface area contributed by atoms with Gasteiger partial charge in [-0.3, -0.25) is 0 Å². The minimum Gasteiger partial charge on any atom is -0.212 e. The normalized spacial score (nSPS) is 28.4. The van der Waals surface area contributed by atoms with Gasteiger partial charge in [0.05, 0.1) is 11.8 Å². The highest BCUT2D eigenvalue weighted by molar-refractivity contribution is 7.89. The molecular weight excluding hydrogens is 216 g/mol. The van der Waals surface area contributed by atoms with Crippen molar-refractivity contribution < 1.29 is 13.2 Å². The highest BCUT2D eigenvalue weighted by Crippen LogP contribution is 2.22. The van der Waals surface area contributed by atoms with E-state index >= 15 is 0 Å². The van der Waals surface area contributed by atoms with Crippen molar-refractivity contribution in [3.05, 3.63) is 0 Å². The average molecular weight is 232 g/mol. The van der Waals surface area contributed by atoms with E-state index in [2.05, 4.69) is 4.99 Å². The number of isocyanates is 1. The maximum atomic E-state index is 11.6. The molecule has 0 aromatic heterocycles. The van der Waals surface area contributed by atoms with E-state index < -0.39 is 10.0 Å². The van der Waals surface area contributed by atoms with Crippen LogP contribution in [0.15, 0.2) is 4.99 Å². The minimum absolute atomic E-state index is 0.0687. The SMILES string of the molecule is CCS(=O)(=O)N1CCC(N=C=O)CC1C. The molecule has 1 heterocycles. The van der Waals surface area contributed by atoms with Gasteiger partial charge in [0, 0.05) is 12.6 Å². The number of rotatable bonds is 3. The van der Waals surface area contributed by atoms with Gasteiger partial charge < -0.3 is 0 Å². The lowest BCUT2D eigenvalue weighted by atomic mass is 10.0. The van der Waals surface area contributed by atoms with Gasteiger partial charge in [0.15, 0.2) is 0 Å². The van der Waals surface area contributed by atoms with Crippen LogP contribution in [0.5, 0.6) is 0 Å². The molecule has 6 heteroatoms. The van der Waals surface area contributed by atoms with Gasteiger partial charge in [-0.2, -0.15) is 4.31 Å². The zero-order chi connectivity index (χ0) is 11.5. The van der Waals surface area contributed by atoms with Crippen LogP contribution in [0, 0.1) is 0 Å². The molecule has 2 unspecified atom stereocenters. The van der Waals surface area contributed by atoms with Gasteiger partial charge >= 0.3 is 0 Å². The van der Waals surface area contributed by atoms with E-state index in [1.165, 1.54) is 10.4 Å². The minimum atomic E-state index is -3.12. The second kappa shape index (κ2) is 4.88. The molecule has 0 amide bonds. The Morgan fingerprint density at radius 1 is 1.53 bits per heavy atom. The largest absolute Gasteiger partial charge is 0.235 e. The molecule has 2 atom stereocenters. The van der Waals surface area contributed by atoms with E-state index in [4.69, 9.17) is 0 Å². The van der Waals surface area contributed by atoms with Crippen LogP contribution in [0.4, 0.5) is 0 Å². The third kappa shape index (κ3) is 2.87. The summed E-state index contributed by atoms with van der Waals surface area (Å²) in [5, 5.41) is 0. The third-order valence-electron chi connectivity index (χ3n) is 2.74. The number of piperidine rings is 1. The van der Waals surface area contributed by atoms with Crippen molar-refractivity contribution in [1.29, 1.82) is 0 Å². The fraction of sp³-hybridized carbons (Fsp3) is 0.889. The third-order valence-corrected chi connectivity index (χ3v) is 4.73. The van der Waals surface area contributed by atoms with Gasteiger partial charge in [-0.15, -0.1) is 0 Å². The van der Waals surface area contributed by atoms with E-state index in [-0.39, 0.29) is 17.8 Å². The summed E-state index contributed by atoms with van der Waals surface area (Å²) in [6.07, 6.45) is 2.75. The number of aliphatic imine (C=N–C) groups is 1. The van der Waals surface area contributed by atoms with Crippen molar-refractivity contribution >= 4 is 16.1 Å². The smallest absolute Gasteiger partial charge is 0.212 e. The van der Waals surface area contributed by atoms with Crippen molar-refractivity contribution in [2.24, 2.45) is 4.99 Å². The zero-order valence-electron chi connectivity index (χ0n) is 9.01. The quantitative estimate of drug-likeness (QED) is 0.526. The lowest BCUT2D eigenvalue weighted by Crippen LogP contribution is -2.46.